The SMILES string of the molecule is Cc1ccc(CN2CCc3nc(-c4ccc(C(F)(F)F)cc4)ncc3C2)s1. The van der Waals surface area contributed by atoms with Crippen LogP contribution in [-0.2, 0) is 25.7 Å². The van der Waals surface area contributed by atoms with Gasteiger partial charge in [-0.05, 0) is 31.2 Å². The molecule has 0 saturated carbocycles. The van der Waals surface area contributed by atoms with Gasteiger partial charge in [0.1, 0.15) is 0 Å². The average molecular weight is 389 g/mol. The molecule has 3 heterocycles. The van der Waals surface area contributed by atoms with Crippen LogP contribution in [0.1, 0.15) is 26.6 Å². The van der Waals surface area contributed by atoms with Gasteiger partial charge in [0.05, 0.1) is 11.3 Å². The smallest absolute Gasteiger partial charge is 0.293 e. The number of thiophene rings is 1. The fourth-order valence-corrected chi connectivity index (χ4v) is 4.18. The standard InChI is InChI=1S/C20H18F3N3S/c1-13-2-7-17(27-13)12-26-9-8-18-15(11-26)10-24-19(25-18)14-3-5-16(6-4-14)20(21,22)23/h2-7,10H,8-9,11-12H2,1H3. The molecule has 0 N–H and O–H groups in total. The zero-order valence-corrected chi connectivity index (χ0v) is 15.6. The highest BCUT2D eigenvalue weighted by molar-refractivity contribution is 7.11. The highest BCUT2D eigenvalue weighted by Gasteiger charge is 2.30. The summed E-state index contributed by atoms with van der Waals surface area (Å²) in [6.45, 7) is 4.72. The van der Waals surface area contributed by atoms with Crippen LogP contribution in [0.25, 0.3) is 11.4 Å². The predicted molar refractivity (Wildman–Crippen MR) is 99.3 cm³/mol. The van der Waals surface area contributed by atoms with Crippen LogP contribution >= 0.6 is 11.3 Å². The van der Waals surface area contributed by atoms with E-state index in [0.29, 0.717) is 11.4 Å². The van der Waals surface area contributed by atoms with Crippen molar-refractivity contribution in [3.05, 3.63) is 69.2 Å². The number of aromatic nitrogens is 2. The Kier molecular flexibility index (Phi) is 4.74. The minimum atomic E-state index is -4.33. The molecule has 1 aliphatic rings. The number of halogens is 3. The molecule has 0 aliphatic carbocycles. The Morgan fingerprint density at radius 2 is 1.89 bits per heavy atom. The largest absolute Gasteiger partial charge is 0.416 e. The van der Waals surface area contributed by atoms with Crippen LogP contribution in [0.3, 0.4) is 0 Å². The fraction of sp³-hybridized carbons (Fsp3) is 0.300. The summed E-state index contributed by atoms with van der Waals surface area (Å²) in [5.41, 5.74) is 2.01. The van der Waals surface area contributed by atoms with Crippen LogP contribution in [0.15, 0.2) is 42.6 Å². The molecule has 0 saturated heterocycles. The fourth-order valence-electron chi connectivity index (χ4n) is 3.25. The van der Waals surface area contributed by atoms with E-state index in [9.17, 15) is 13.2 Å². The molecule has 7 heteroatoms. The Morgan fingerprint density at radius 1 is 1.11 bits per heavy atom. The van der Waals surface area contributed by atoms with E-state index in [0.717, 1.165) is 49.4 Å². The van der Waals surface area contributed by atoms with Crippen molar-refractivity contribution in [1.29, 1.82) is 0 Å². The molecule has 140 valence electrons. The minimum absolute atomic E-state index is 0.477. The van der Waals surface area contributed by atoms with E-state index in [4.69, 9.17) is 0 Å². The van der Waals surface area contributed by atoms with Gasteiger partial charge >= 0.3 is 6.18 Å². The van der Waals surface area contributed by atoms with E-state index < -0.39 is 11.7 Å². The summed E-state index contributed by atoms with van der Waals surface area (Å²) in [5.74, 6) is 0.477. The maximum absolute atomic E-state index is 12.7. The van der Waals surface area contributed by atoms with Crippen molar-refractivity contribution < 1.29 is 13.2 Å². The van der Waals surface area contributed by atoms with E-state index in [-0.39, 0.29) is 0 Å². The minimum Gasteiger partial charge on any atom is -0.293 e. The van der Waals surface area contributed by atoms with Crippen molar-refractivity contribution in [2.24, 2.45) is 0 Å². The van der Waals surface area contributed by atoms with Gasteiger partial charge in [0.25, 0.3) is 0 Å². The Bertz CT molecular complexity index is 948. The second-order valence-corrected chi connectivity index (χ2v) is 8.09. The topological polar surface area (TPSA) is 29.0 Å². The third-order valence-electron chi connectivity index (χ3n) is 4.66. The molecule has 0 unspecified atom stereocenters. The normalized spacial score (nSPS) is 15.0. The molecule has 0 atom stereocenters. The van der Waals surface area contributed by atoms with Gasteiger partial charge in [-0.25, -0.2) is 9.97 Å². The van der Waals surface area contributed by atoms with Gasteiger partial charge in [-0.3, -0.25) is 4.90 Å². The lowest BCUT2D eigenvalue weighted by Gasteiger charge is -2.27. The molecule has 3 nitrogen and oxygen atoms in total. The van der Waals surface area contributed by atoms with Crippen LogP contribution < -0.4 is 0 Å². The Hall–Kier alpha value is -2.25. The zero-order valence-electron chi connectivity index (χ0n) is 14.8. The maximum Gasteiger partial charge on any atom is 0.416 e. The maximum atomic E-state index is 12.7. The molecule has 27 heavy (non-hydrogen) atoms. The molecule has 0 amide bonds. The number of hydrogen-bond acceptors (Lipinski definition) is 4. The molecule has 0 fully saturated rings. The van der Waals surface area contributed by atoms with Crippen molar-refractivity contribution in [1.82, 2.24) is 14.9 Å². The molecule has 0 spiro atoms. The number of alkyl halides is 3. The zero-order chi connectivity index (χ0) is 19.0. The second-order valence-electron chi connectivity index (χ2n) is 6.71. The second kappa shape index (κ2) is 7.05. The Balaban J connectivity index is 1.50. The highest BCUT2D eigenvalue weighted by Crippen LogP contribution is 2.31. The molecule has 0 bridgehead atoms. The summed E-state index contributed by atoms with van der Waals surface area (Å²) in [6, 6.07) is 9.31. The molecule has 1 aromatic carbocycles. The van der Waals surface area contributed by atoms with Gasteiger partial charge < -0.3 is 0 Å². The van der Waals surface area contributed by atoms with Crippen LogP contribution in [0.4, 0.5) is 13.2 Å². The third-order valence-corrected chi connectivity index (χ3v) is 5.64. The van der Waals surface area contributed by atoms with E-state index in [1.165, 1.54) is 21.9 Å². The van der Waals surface area contributed by atoms with Gasteiger partial charge in [-0.15, -0.1) is 11.3 Å². The molecule has 4 rings (SSSR count). The number of benzene rings is 1. The van der Waals surface area contributed by atoms with Gasteiger partial charge in [0.15, 0.2) is 5.82 Å². The van der Waals surface area contributed by atoms with E-state index in [1.54, 1.807) is 6.20 Å². The first-order valence-corrected chi connectivity index (χ1v) is 9.50. The van der Waals surface area contributed by atoms with E-state index in [2.05, 4.69) is 33.9 Å². The van der Waals surface area contributed by atoms with Gasteiger partial charge in [0, 0.05) is 53.1 Å². The lowest BCUT2D eigenvalue weighted by Crippen LogP contribution is -2.30. The summed E-state index contributed by atoms with van der Waals surface area (Å²) in [7, 11) is 0. The predicted octanol–water partition coefficient (Wildman–Crippen LogP) is 5.09. The average Bonchev–Trinajstić information content (AvgIpc) is 3.05. The van der Waals surface area contributed by atoms with Crippen LogP contribution in [0, 0.1) is 6.92 Å². The molecule has 2 aromatic heterocycles. The van der Waals surface area contributed by atoms with Crippen molar-refractivity contribution in [2.75, 3.05) is 6.54 Å². The first kappa shape index (κ1) is 18.1. The first-order chi connectivity index (χ1) is 12.9. The Morgan fingerprint density at radius 3 is 2.56 bits per heavy atom. The quantitative estimate of drug-likeness (QED) is 0.625. The number of fused-ring (bicyclic) bond motifs is 1. The monoisotopic (exact) mass is 389 g/mol. The Labute approximate surface area is 159 Å². The summed E-state index contributed by atoms with van der Waals surface area (Å²) >= 11 is 1.81. The summed E-state index contributed by atoms with van der Waals surface area (Å²) in [5, 5.41) is 0. The van der Waals surface area contributed by atoms with Gasteiger partial charge in [0.2, 0.25) is 0 Å². The molecule has 1 aliphatic heterocycles. The summed E-state index contributed by atoms with van der Waals surface area (Å²) in [6.07, 6.45) is -1.71. The molecule has 3 aromatic rings. The van der Waals surface area contributed by atoms with Gasteiger partial charge in [-0.2, -0.15) is 13.2 Å². The van der Waals surface area contributed by atoms with Crippen LogP contribution in [0.5, 0.6) is 0 Å². The molecular formula is C20H18F3N3S. The van der Waals surface area contributed by atoms with Crippen molar-refractivity contribution in [3.8, 4) is 11.4 Å². The number of aryl methyl sites for hydroxylation is 1. The van der Waals surface area contributed by atoms with Crippen molar-refractivity contribution in [3.63, 3.8) is 0 Å². The lowest BCUT2D eigenvalue weighted by molar-refractivity contribution is -0.137. The number of rotatable bonds is 3. The first-order valence-electron chi connectivity index (χ1n) is 8.68. The summed E-state index contributed by atoms with van der Waals surface area (Å²) in [4.78, 5) is 14.0. The van der Waals surface area contributed by atoms with E-state index in [1.807, 2.05) is 11.3 Å². The van der Waals surface area contributed by atoms with Gasteiger partial charge in [-0.1, -0.05) is 12.1 Å². The van der Waals surface area contributed by atoms with E-state index >= 15 is 0 Å². The van der Waals surface area contributed by atoms with Crippen LogP contribution in [0.2, 0.25) is 0 Å². The third kappa shape index (κ3) is 4.04. The summed E-state index contributed by atoms with van der Waals surface area (Å²) < 4.78 is 38.1. The van der Waals surface area contributed by atoms with Crippen LogP contribution in [-0.4, -0.2) is 21.4 Å². The molecular weight excluding hydrogens is 371 g/mol. The van der Waals surface area contributed by atoms with Crippen molar-refractivity contribution in [2.45, 2.75) is 32.6 Å². The lowest BCUT2D eigenvalue weighted by atomic mass is 10.1. The highest BCUT2D eigenvalue weighted by atomic mass is 32.1. The number of hydrogen-bond donors (Lipinski definition) is 0. The molecule has 0 radical (unpaired) electrons. The number of nitrogens with zero attached hydrogens (tertiary/aromatic N) is 3. The van der Waals surface area contributed by atoms with Crippen molar-refractivity contribution >= 4 is 11.3 Å².